The fourth-order valence-electron chi connectivity index (χ4n) is 1.04. The summed E-state index contributed by atoms with van der Waals surface area (Å²) < 4.78 is 0. The predicted molar refractivity (Wildman–Crippen MR) is 47.8 cm³/mol. The van der Waals surface area contributed by atoms with Gasteiger partial charge in [-0.05, 0) is 19.4 Å². The summed E-state index contributed by atoms with van der Waals surface area (Å²) >= 11 is 0. The van der Waals surface area contributed by atoms with Crippen LogP contribution in [0.1, 0.15) is 24.2 Å². The van der Waals surface area contributed by atoms with E-state index in [9.17, 15) is 5.11 Å². The van der Waals surface area contributed by atoms with E-state index >= 15 is 0 Å². The summed E-state index contributed by atoms with van der Waals surface area (Å²) in [5, 5.41) is 18.5. The maximum Gasteiger partial charge on any atom is 0.105 e. The van der Waals surface area contributed by atoms with Crippen LogP contribution in [-0.4, -0.2) is 16.3 Å². The van der Waals surface area contributed by atoms with Crippen molar-refractivity contribution in [1.29, 1.82) is 0 Å². The van der Waals surface area contributed by atoms with Crippen LogP contribution in [0.3, 0.4) is 0 Å². The normalized spacial score (nSPS) is 15.7. The van der Waals surface area contributed by atoms with Gasteiger partial charge in [0.05, 0.1) is 6.10 Å². The lowest BCUT2D eigenvalue weighted by molar-refractivity contribution is 0.0305. The van der Waals surface area contributed by atoms with Gasteiger partial charge in [-0.2, -0.15) is 0 Å². The molecule has 0 spiro atoms. The molecule has 0 aliphatic carbocycles. The third kappa shape index (κ3) is 2.06. The highest BCUT2D eigenvalue weighted by Gasteiger charge is 2.12. The molecule has 2 atom stereocenters. The summed E-state index contributed by atoms with van der Waals surface area (Å²) in [5.74, 6) is 0. The van der Waals surface area contributed by atoms with Gasteiger partial charge in [0.25, 0.3) is 0 Å². The van der Waals surface area contributed by atoms with E-state index in [1.54, 1.807) is 6.92 Å². The van der Waals surface area contributed by atoms with Crippen molar-refractivity contribution < 1.29 is 10.2 Å². The lowest BCUT2D eigenvalue weighted by Crippen LogP contribution is -2.13. The fraction of sp³-hybridized carbons (Fsp3) is 0.400. The molecule has 66 valence electrons. The van der Waals surface area contributed by atoms with Crippen LogP contribution in [0.15, 0.2) is 24.3 Å². The topological polar surface area (TPSA) is 40.5 Å². The Morgan fingerprint density at radius 2 is 1.58 bits per heavy atom. The molecule has 0 heterocycles. The van der Waals surface area contributed by atoms with Gasteiger partial charge in [0.1, 0.15) is 6.10 Å². The summed E-state index contributed by atoms with van der Waals surface area (Å²) in [6.45, 7) is 3.56. The van der Waals surface area contributed by atoms with Crippen LogP contribution < -0.4 is 0 Å². The van der Waals surface area contributed by atoms with Gasteiger partial charge in [-0.3, -0.25) is 0 Å². The lowest BCUT2D eigenvalue weighted by Gasteiger charge is -2.13. The number of aliphatic hydroxyl groups is 2. The molecule has 0 amide bonds. The first-order valence-electron chi connectivity index (χ1n) is 4.04. The van der Waals surface area contributed by atoms with Crippen LogP contribution in [0.5, 0.6) is 0 Å². The van der Waals surface area contributed by atoms with E-state index in [2.05, 4.69) is 0 Å². The quantitative estimate of drug-likeness (QED) is 0.697. The predicted octanol–water partition coefficient (Wildman–Crippen LogP) is 1.41. The summed E-state index contributed by atoms with van der Waals surface area (Å²) in [5.41, 5.74) is 1.91. The second kappa shape index (κ2) is 3.70. The van der Waals surface area contributed by atoms with Crippen LogP contribution in [0, 0.1) is 6.92 Å². The van der Waals surface area contributed by atoms with E-state index in [1.165, 1.54) is 0 Å². The highest BCUT2D eigenvalue weighted by Crippen LogP contribution is 2.16. The number of hydrogen-bond acceptors (Lipinski definition) is 2. The summed E-state index contributed by atoms with van der Waals surface area (Å²) in [6.07, 6.45) is -1.49. The van der Waals surface area contributed by atoms with E-state index in [-0.39, 0.29) is 0 Å². The van der Waals surface area contributed by atoms with Gasteiger partial charge in [-0.1, -0.05) is 29.8 Å². The minimum Gasteiger partial charge on any atom is -0.390 e. The van der Waals surface area contributed by atoms with Crippen molar-refractivity contribution in [2.45, 2.75) is 26.1 Å². The number of aryl methyl sites for hydroxylation is 1. The van der Waals surface area contributed by atoms with Gasteiger partial charge in [-0.25, -0.2) is 0 Å². The van der Waals surface area contributed by atoms with Gasteiger partial charge in [0.15, 0.2) is 0 Å². The van der Waals surface area contributed by atoms with Crippen molar-refractivity contribution in [3.8, 4) is 0 Å². The molecule has 1 rings (SSSR count). The molecule has 0 radical (unpaired) electrons. The van der Waals surface area contributed by atoms with Crippen LogP contribution in [0.25, 0.3) is 0 Å². The van der Waals surface area contributed by atoms with E-state index in [0.29, 0.717) is 0 Å². The van der Waals surface area contributed by atoms with Crippen LogP contribution in [0.2, 0.25) is 0 Å². The Bertz CT molecular complexity index is 239. The molecule has 0 saturated carbocycles. The van der Waals surface area contributed by atoms with Crippen molar-refractivity contribution in [3.05, 3.63) is 35.4 Å². The summed E-state index contributed by atoms with van der Waals surface area (Å²) in [4.78, 5) is 0. The number of rotatable bonds is 2. The number of aliphatic hydroxyl groups excluding tert-OH is 2. The molecule has 0 aliphatic rings. The third-order valence-electron chi connectivity index (χ3n) is 1.88. The molecule has 0 aliphatic heterocycles. The summed E-state index contributed by atoms with van der Waals surface area (Å²) in [6, 6.07) is 7.49. The van der Waals surface area contributed by atoms with Gasteiger partial charge in [0.2, 0.25) is 0 Å². The maximum atomic E-state index is 9.44. The molecule has 2 nitrogen and oxygen atoms in total. The third-order valence-corrected chi connectivity index (χ3v) is 1.88. The zero-order chi connectivity index (χ0) is 9.14. The zero-order valence-electron chi connectivity index (χ0n) is 7.36. The molecule has 1 aromatic carbocycles. The van der Waals surface area contributed by atoms with Crippen molar-refractivity contribution in [2.75, 3.05) is 0 Å². The van der Waals surface area contributed by atoms with Gasteiger partial charge >= 0.3 is 0 Å². The average Bonchev–Trinajstić information content (AvgIpc) is 2.04. The van der Waals surface area contributed by atoms with Crippen molar-refractivity contribution in [2.24, 2.45) is 0 Å². The van der Waals surface area contributed by atoms with Gasteiger partial charge < -0.3 is 10.2 Å². The van der Waals surface area contributed by atoms with Gasteiger partial charge in [-0.15, -0.1) is 0 Å². The van der Waals surface area contributed by atoms with Crippen LogP contribution >= 0.6 is 0 Å². The maximum absolute atomic E-state index is 9.44. The monoisotopic (exact) mass is 166 g/mol. The molecule has 2 heteroatoms. The standard InChI is InChI=1S/C10H14O2/c1-7-3-5-9(6-4-7)10(12)8(2)11/h3-6,8,10-12H,1-2H3/t8-,10-/m0/s1. The molecular formula is C10H14O2. The Morgan fingerprint density at radius 3 is 2.00 bits per heavy atom. The second-order valence-electron chi connectivity index (χ2n) is 3.10. The number of benzene rings is 1. The fourth-order valence-corrected chi connectivity index (χ4v) is 1.04. The van der Waals surface area contributed by atoms with Gasteiger partial charge in [0, 0.05) is 0 Å². The van der Waals surface area contributed by atoms with Crippen molar-refractivity contribution >= 4 is 0 Å². The van der Waals surface area contributed by atoms with E-state index in [1.807, 2.05) is 31.2 Å². The molecule has 2 N–H and O–H groups in total. The molecule has 0 aromatic heterocycles. The Morgan fingerprint density at radius 1 is 1.08 bits per heavy atom. The van der Waals surface area contributed by atoms with E-state index in [4.69, 9.17) is 5.11 Å². The van der Waals surface area contributed by atoms with Crippen molar-refractivity contribution in [3.63, 3.8) is 0 Å². The lowest BCUT2D eigenvalue weighted by atomic mass is 10.0. The smallest absolute Gasteiger partial charge is 0.105 e. The summed E-state index contributed by atoms with van der Waals surface area (Å²) in [7, 11) is 0. The average molecular weight is 166 g/mol. The highest BCUT2D eigenvalue weighted by molar-refractivity contribution is 5.23. The Hall–Kier alpha value is -0.860. The van der Waals surface area contributed by atoms with Crippen LogP contribution in [-0.2, 0) is 0 Å². The Kier molecular flexibility index (Phi) is 2.84. The first-order chi connectivity index (χ1) is 5.61. The minimum atomic E-state index is -0.773. The zero-order valence-corrected chi connectivity index (χ0v) is 7.36. The largest absolute Gasteiger partial charge is 0.390 e. The SMILES string of the molecule is Cc1ccc([C@@H](O)[C@H](C)O)cc1. The first-order valence-corrected chi connectivity index (χ1v) is 4.04. The minimum absolute atomic E-state index is 0.715. The molecule has 0 saturated heterocycles. The Balaban J connectivity index is 2.82. The first kappa shape index (κ1) is 9.23. The molecule has 12 heavy (non-hydrogen) atoms. The molecule has 0 bridgehead atoms. The molecule has 1 aromatic rings. The molecular weight excluding hydrogens is 152 g/mol. The highest BCUT2D eigenvalue weighted by atomic mass is 16.3. The van der Waals surface area contributed by atoms with E-state index in [0.717, 1.165) is 11.1 Å². The molecule has 0 unspecified atom stereocenters. The van der Waals surface area contributed by atoms with E-state index < -0.39 is 12.2 Å². The second-order valence-corrected chi connectivity index (χ2v) is 3.10. The molecule has 0 fully saturated rings. The van der Waals surface area contributed by atoms with Crippen molar-refractivity contribution in [1.82, 2.24) is 0 Å². The van der Waals surface area contributed by atoms with Crippen LogP contribution in [0.4, 0.5) is 0 Å². The number of hydrogen-bond donors (Lipinski definition) is 2. The Labute approximate surface area is 72.5 Å².